The molecule has 0 saturated heterocycles. The van der Waals surface area contributed by atoms with Crippen LogP contribution in [0.25, 0.3) is 0 Å². The van der Waals surface area contributed by atoms with E-state index in [1.807, 2.05) is 13.0 Å². The first kappa shape index (κ1) is 9.22. The Morgan fingerprint density at radius 2 is 2.31 bits per heavy atom. The first-order valence-electron chi connectivity index (χ1n) is 4.98. The highest BCUT2D eigenvalue weighted by Crippen LogP contribution is 2.51. The summed E-state index contributed by atoms with van der Waals surface area (Å²) in [5.74, 6) is 0.639. The maximum Gasteiger partial charge on any atom is 0.109 e. The standard InChI is InChI=1S/C11H18O2/c1-8-6-10(2,12)11(13-3)5-4-9(8)7-11/h6,9,12H,4-5,7H2,1-3H3/t9-,10-,11-/m0/s1. The van der Waals surface area contributed by atoms with Crippen molar-refractivity contribution in [1.82, 2.24) is 0 Å². The molecule has 2 nitrogen and oxygen atoms in total. The van der Waals surface area contributed by atoms with Crippen LogP contribution in [0.2, 0.25) is 0 Å². The van der Waals surface area contributed by atoms with Crippen molar-refractivity contribution in [3.8, 4) is 0 Å². The third-order valence-corrected chi connectivity index (χ3v) is 3.94. The van der Waals surface area contributed by atoms with E-state index in [0.717, 1.165) is 19.3 Å². The Bertz CT molecular complexity index is 255. The van der Waals surface area contributed by atoms with E-state index >= 15 is 0 Å². The van der Waals surface area contributed by atoms with E-state index in [-0.39, 0.29) is 5.60 Å². The Balaban J connectivity index is 2.42. The van der Waals surface area contributed by atoms with Gasteiger partial charge in [0.15, 0.2) is 0 Å². The Labute approximate surface area is 79.6 Å². The van der Waals surface area contributed by atoms with Gasteiger partial charge in [-0.25, -0.2) is 0 Å². The summed E-state index contributed by atoms with van der Waals surface area (Å²) >= 11 is 0. The maximum absolute atomic E-state index is 10.3. The van der Waals surface area contributed by atoms with Crippen LogP contribution in [0.15, 0.2) is 11.6 Å². The second-order valence-corrected chi connectivity index (χ2v) is 4.67. The highest BCUT2D eigenvalue weighted by atomic mass is 16.5. The first-order valence-corrected chi connectivity index (χ1v) is 4.98. The third kappa shape index (κ3) is 1.09. The summed E-state index contributed by atoms with van der Waals surface area (Å²) in [4.78, 5) is 0. The highest BCUT2D eigenvalue weighted by Gasteiger charge is 2.54. The summed E-state index contributed by atoms with van der Waals surface area (Å²) in [7, 11) is 1.71. The fraction of sp³-hybridized carbons (Fsp3) is 0.818. The van der Waals surface area contributed by atoms with Crippen molar-refractivity contribution in [2.75, 3.05) is 7.11 Å². The number of ether oxygens (including phenoxy) is 1. The van der Waals surface area contributed by atoms with E-state index in [9.17, 15) is 5.11 Å². The molecule has 0 aromatic carbocycles. The van der Waals surface area contributed by atoms with Gasteiger partial charge in [0.05, 0.1) is 0 Å². The summed E-state index contributed by atoms with van der Waals surface area (Å²) in [6, 6.07) is 0. The Hall–Kier alpha value is -0.340. The van der Waals surface area contributed by atoms with E-state index in [1.165, 1.54) is 5.57 Å². The van der Waals surface area contributed by atoms with Crippen LogP contribution in [0.4, 0.5) is 0 Å². The summed E-state index contributed by atoms with van der Waals surface area (Å²) in [5.41, 5.74) is 0.242. The molecule has 2 aliphatic carbocycles. The van der Waals surface area contributed by atoms with E-state index in [4.69, 9.17) is 4.74 Å². The predicted molar refractivity (Wildman–Crippen MR) is 51.5 cm³/mol. The molecular formula is C11H18O2. The molecule has 1 N–H and O–H groups in total. The van der Waals surface area contributed by atoms with E-state index in [0.29, 0.717) is 5.92 Å². The fourth-order valence-corrected chi connectivity index (χ4v) is 2.94. The van der Waals surface area contributed by atoms with Gasteiger partial charge in [-0.2, -0.15) is 0 Å². The van der Waals surface area contributed by atoms with Crippen LogP contribution < -0.4 is 0 Å². The molecule has 0 spiro atoms. The normalized spacial score (nSPS) is 49.2. The van der Waals surface area contributed by atoms with Crippen LogP contribution in [-0.2, 0) is 4.74 Å². The molecule has 3 atom stereocenters. The minimum atomic E-state index is -0.779. The zero-order valence-corrected chi connectivity index (χ0v) is 8.63. The molecule has 74 valence electrons. The van der Waals surface area contributed by atoms with Crippen LogP contribution in [0.3, 0.4) is 0 Å². The van der Waals surface area contributed by atoms with Gasteiger partial charge in [0.1, 0.15) is 11.2 Å². The van der Waals surface area contributed by atoms with Crippen LogP contribution in [-0.4, -0.2) is 23.4 Å². The number of allylic oxidation sites excluding steroid dienone is 1. The molecule has 0 aromatic rings. The summed E-state index contributed by atoms with van der Waals surface area (Å²) in [6.07, 6.45) is 5.11. The monoisotopic (exact) mass is 182 g/mol. The molecule has 0 radical (unpaired) electrons. The lowest BCUT2D eigenvalue weighted by molar-refractivity contribution is -0.137. The molecule has 2 heteroatoms. The molecule has 1 fully saturated rings. The fourth-order valence-electron chi connectivity index (χ4n) is 2.94. The van der Waals surface area contributed by atoms with Gasteiger partial charge in [-0.1, -0.05) is 11.6 Å². The maximum atomic E-state index is 10.3. The number of hydrogen-bond acceptors (Lipinski definition) is 2. The SMILES string of the molecule is CO[C@@]12CC[C@@H](C1)C(C)=C[C@]2(C)O. The lowest BCUT2D eigenvalue weighted by Gasteiger charge is -2.43. The Morgan fingerprint density at radius 3 is 2.92 bits per heavy atom. The number of methoxy groups -OCH3 is 1. The van der Waals surface area contributed by atoms with Gasteiger partial charge in [-0.3, -0.25) is 0 Å². The summed E-state index contributed by atoms with van der Waals surface area (Å²) in [6.45, 7) is 3.98. The first-order chi connectivity index (χ1) is 6.01. The molecule has 0 aliphatic heterocycles. The van der Waals surface area contributed by atoms with Crippen molar-refractivity contribution in [1.29, 1.82) is 0 Å². The quantitative estimate of drug-likeness (QED) is 0.627. The molecule has 0 aromatic heterocycles. The topological polar surface area (TPSA) is 29.5 Å². The van der Waals surface area contributed by atoms with Crippen LogP contribution >= 0.6 is 0 Å². The lowest BCUT2D eigenvalue weighted by Crippen LogP contribution is -2.52. The molecule has 13 heavy (non-hydrogen) atoms. The molecule has 2 rings (SSSR count). The molecular weight excluding hydrogens is 164 g/mol. The number of hydrogen-bond donors (Lipinski definition) is 1. The molecule has 1 saturated carbocycles. The van der Waals surface area contributed by atoms with Crippen molar-refractivity contribution in [3.05, 3.63) is 11.6 Å². The Kier molecular flexibility index (Phi) is 1.83. The van der Waals surface area contributed by atoms with Gasteiger partial charge in [-0.05, 0) is 39.0 Å². The smallest absolute Gasteiger partial charge is 0.109 e. The third-order valence-electron chi connectivity index (χ3n) is 3.94. The second kappa shape index (κ2) is 2.58. The van der Waals surface area contributed by atoms with Gasteiger partial charge < -0.3 is 9.84 Å². The lowest BCUT2D eigenvalue weighted by atomic mass is 9.75. The molecule has 2 aliphatic rings. The van der Waals surface area contributed by atoms with Crippen LogP contribution in [0, 0.1) is 5.92 Å². The van der Waals surface area contributed by atoms with E-state index in [2.05, 4.69) is 6.92 Å². The van der Waals surface area contributed by atoms with Crippen molar-refractivity contribution in [2.24, 2.45) is 5.92 Å². The van der Waals surface area contributed by atoms with Gasteiger partial charge in [0.25, 0.3) is 0 Å². The highest BCUT2D eigenvalue weighted by molar-refractivity contribution is 5.26. The zero-order chi connectivity index (χ0) is 9.69. The van der Waals surface area contributed by atoms with Gasteiger partial charge in [-0.15, -0.1) is 0 Å². The molecule has 0 amide bonds. The minimum absolute atomic E-state index is 0.308. The zero-order valence-electron chi connectivity index (χ0n) is 8.63. The largest absolute Gasteiger partial charge is 0.383 e. The van der Waals surface area contributed by atoms with Crippen LogP contribution in [0.1, 0.15) is 33.1 Å². The van der Waals surface area contributed by atoms with Gasteiger partial charge in [0.2, 0.25) is 0 Å². The average Bonchev–Trinajstić information content (AvgIpc) is 2.44. The van der Waals surface area contributed by atoms with Crippen molar-refractivity contribution in [3.63, 3.8) is 0 Å². The number of aliphatic hydroxyl groups is 1. The van der Waals surface area contributed by atoms with Gasteiger partial charge >= 0.3 is 0 Å². The molecule has 2 bridgehead atoms. The van der Waals surface area contributed by atoms with Gasteiger partial charge in [0, 0.05) is 7.11 Å². The minimum Gasteiger partial charge on any atom is -0.383 e. The summed E-state index contributed by atoms with van der Waals surface area (Å²) in [5, 5.41) is 10.3. The summed E-state index contributed by atoms with van der Waals surface area (Å²) < 4.78 is 5.54. The van der Waals surface area contributed by atoms with E-state index < -0.39 is 5.60 Å². The Morgan fingerprint density at radius 1 is 1.62 bits per heavy atom. The van der Waals surface area contributed by atoms with Crippen molar-refractivity contribution >= 4 is 0 Å². The molecule has 0 unspecified atom stereocenters. The molecule has 0 heterocycles. The van der Waals surface area contributed by atoms with E-state index in [1.54, 1.807) is 7.11 Å². The average molecular weight is 182 g/mol. The van der Waals surface area contributed by atoms with Crippen LogP contribution in [0.5, 0.6) is 0 Å². The second-order valence-electron chi connectivity index (χ2n) is 4.67. The number of rotatable bonds is 1. The number of fused-ring (bicyclic) bond motifs is 2. The predicted octanol–water partition coefficient (Wildman–Crippen LogP) is 1.88. The van der Waals surface area contributed by atoms with Crippen molar-refractivity contribution < 1.29 is 9.84 Å². The van der Waals surface area contributed by atoms with Crippen molar-refractivity contribution in [2.45, 2.75) is 44.3 Å².